The van der Waals surface area contributed by atoms with Gasteiger partial charge < -0.3 is 15.5 Å². The predicted molar refractivity (Wildman–Crippen MR) is 61.9 cm³/mol. The average Bonchev–Trinajstić information content (AvgIpc) is 2.28. The molecule has 1 rings (SSSR count). The number of carbonyl (C=O) groups excluding carboxylic acids is 1. The van der Waals surface area contributed by atoms with Gasteiger partial charge in [0.1, 0.15) is 0 Å². The van der Waals surface area contributed by atoms with E-state index in [2.05, 4.69) is 5.32 Å². The average molecular weight is 237 g/mol. The van der Waals surface area contributed by atoms with E-state index < -0.39 is 18.0 Å². The van der Waals surface area contributed by atoms with Crippen molar-refractivity contribution in [2.24, 2.45) is 0 Å². The molecule has 0 spiro atoms. The molecule has 17 heavy (non-hydrogen) atoms. The molecular weight excluding hydrogens is 222 g/mol. The van der Waals surface area contributed by atoms with Crippen LogP contribution in [0.15, 0.2) is 18.2 Å². The van der Waals surface area contributed by atoms with Crippen LogP contribution in [-0.4, -0.2) is 34.7 Å². The molecule has 0 radical (unpaired) electrons. The molecule has 0 saturated heterocycles. The number of carboxylic acids is 1. The first-order valence-corrected chi connectivity index (χ1v) is 5.18. The fourth-order valence-electron chi connectivity index (χ4n) is 1.26. The molecule has 0 heterocycles. The largest absolute Gasteiger partial charge is 0.479 e. The topological polar surface area (TPSA) is 86.6 Å². The number of carbonyl (C=O) groups is 2. The number of amides is 1. The summed E-state index contributed by atoms with van der Waals surface area (Å²) in [6.07, 6.45) is -1.58. The summed E-state index contributed by atoms with van der Waals surface area (Å²) in [4.78, 5) is 22.0. The Morgan fingerprint density at radius 3 is 2.47 bits per heavy atom. The highest BCUT2D eigenvalue weighted by Gasteiger charge is 2.14. The SMILES string of the molecule is Cc1ccc(C(=O)NC[C@H](O)C(=O)O)cc1C. The van der Waals surface area contributed by atoms with Gasteiger partial charge in [0.15, 0.2) is 6.10 Å². The van der Waals surface area contributed by atoms with Crippen LogP contribution in [0.4, 0.5) is 0 Å². The molecule has 5 nitrogen and oxygen atoms in total. The van der Waals surface area contributed by atoms with E-state index in [1.807, 2.05) is 19.9 Å². The van der Waals surface area contributed by atoms with E-state index in [4.69, 9.17) is 10.2 Å². The van der Waals surface area contributed by atoms with Crippen LogP contribution in [-0.2, 0) is 4.79 Å². The summed E-state index contributed by atoms with van der Waals surface area (Å²) < 4.78 is 0. The number of aliphatic hydroxyl groups is 1. The van der Waals surface area contributed by atoms with Gasteiger partial charge in [-0.3, -0.25) is 4.79 Å². The predicted octanol–water partition coefficient (Wildman–Crippen LogP) is 0.479. The molecule has 0 fully saturated rings. The van der Waals surface area contributed by atoms with Crippen molar-refractivity contribution in [3.63, 3.8) is 0 Å². The fraction of sp³-hybridized carbons (Fsp3) is 0.333. The molecule has 0 aromatic heterocycles. The van der Waals surface area contributed by atoms with E-state index >= 15 is 0 Å². The van der Waals surface area contributed by atoms with Crippen LogP contribution in [0.3, 0.4) is 0 Å². The zero-order valence-electron chi connectivity index (χ0n) is 9.73. The van der Waals surface area contributed by atoms with Gasteiger partial charge in [-0.25, -0.2) is 4.79 Å². The summed E-state index contributed by atoms with van der Waals surface area (Å²) in [5.41, 5.74) is 2.51. The highest BCUT2D eigenvalue weighted by atomic mass is 16.4. The Labute approximate surface area is 99.1 Å². The Morgan fingerprint density at radius 2 is 1.94 bits per heavy atom. The molecule has 1 atom stereocenters. The molecule has 1 aromatic carbocycles. The van der Waals surface area contributed by atoms with Crippen LogP contribution in [0.2, 0.25) is 0 Å². The van der Waals surface area contributed by atoms with E-state index in [-0.39, 0.29) is 6.54 Å². The Morgan fingerprint density at radius 1 is 1.29 bits per heavy atom. The van der Waals surface area contributed by atoms with Gasteiger partial charge >= 0.3 is 5.97 Å². The van der Waals surface area contributed by atoms with E-state index in [0.29, 0.717) is 5.56 Å². The quantitative estimate of drug-likeness (QED) is 0.710. The van der Waals surface area contributed by atoms with Crippen molar-refractivity contribution in [1.82, 2.24) is 5.32 Å². The lowest BCUT2D eigenvalue weighted by Crippen LogP contribution is -2.36. The maximum Gasteiger partial charge on any atom is 0.334 e. The summed E-state index contributed by atoms with van der Waals surface area (Å²) in [5, 5.41) is 19.8. The molecule has 5 heteroatoms. The van der Waals surface area contributed by atoms with Gasteiger partial charge in [-0.15, -0.1) is 0 Å². The maximum absolute atomic E-state index is 11.6. The minimum absolute atomic E-state index is 0.304. The van der Waals surface area contributed by atoms with E-state index in [9.17, 15) is 9.59 Å². The van der Waals surface area contributed by atoms with Gasteiger partial charge in [-0.2, -0.15) is 0 Å². The summed E-state index contributed by atoms with van der Waals surface area (Å²) in [6, 6.07) is 5.19. The number of benzene rings is 1. The van der Waals surface area contributed by atoms with Gasteiger partial charge in [-0.1, -0.05) is 6.07 Å². The zero-order valence-corrected chi connectivity index (χ0v) is 9.73. The Hall–Kier alpha value is -1.88. The lowest BCUT2D eigenvalue weighted by atomic mass is 10.1. The molecule has 92 valence electrons. The number of aryl methyl sites for hydroxylation is 2. The van der Waals surface area contributed by atoms with Crippen molar-refractivity contribution < 1.29 is 19.8 Å². The molecule has 1 aromatic rings. The molecule has 0 aliphatic rings. The van der Waals surface area contributed by atoms with Crippen molar-refractivity contribution in [2.75, 3.05) is 6.54 Å². The number of hydrogen-bond acceptors (Lipinski definition) is 3. The summed E-state index contributed by atoms with van der Waals surface area (Å²) >= 11 is 0. The lowest BCUT2D eigenvalue weighted by molar-refractivity contribution is -0.146. The van der Waals surface area contributed by atoms with Crippen molar-refractivity contribution >= 4 is 11.9 Å². The van der Waals surface area contributed by atoms with Gasteiger partial charge in [0.25, 0.3) is 5.91 Å². The minimum Gasteiger partial charge on any atom is -0.479 e. The smallest absolute Gasteiger partial charge is 0.334 e. The normalized spacial score (nSPS) is 11.9. The second-order valence-corrected chi connectivity index (χ2v) is 3.86. The third kappa shape index (κ3) is 3.57. The highest BCUT2D eigenvalue weighted by molar-refractivity contribution is 5.94. The second-order valence-electron chi connectivity index (χ2n) is 3.86. The molecule has 0 aliphatic heterocycles. The fourth-order valence-corrected chi connectivity index (χ4v) is 1.26. The number of hydrogen-bond donors (Lipinski definition) is 3. The number of nitrogens with one attached hydrogen (secondary N) is 1. The van der Waals surface area contributed by atoms with Crippen molar-refractivity contribution in [3.8, 4) is 0 Å². The summed E-state index contributed by atoms with van der Waals surface area (Å²) in [5.74, 6) is -1.75. The Kier molecular flexibility index (Phi) is 4.23. The summed E-state index contributed by atoms with van der Waals surface area (Å²) in [6.45, 7) is 3.52. The second kappa shape index (κ2) is 5.45. The molecular formula is C12H15NO4. The van der Waals surface area contributed by atoms with E-state index in [1.54, 1.807) is 12.1 Å². The van der Waals surface area contributed by atoms with Crippen molar-refractivity contribution in [3.05, 3.63) is 34.9 Å². The van der Waals surface area contributed by atoms with Crippen LogP contribution in [0.1, 0.15) is 21.5 Å². The molecule has 0 bridgehead atoms. The summed E-state index contributed by atoms with van der Waals surface area (Å²) in [7, 11) is 0. The van der Waals surface area contributed by atoms with Crippen LogP contribution >= 0.6 is 0 Å². The standard InChI is InChI=1S/C12H15NO4/c1-7-3-4-9(5-8(7)2)11(15)13-6-10(14)12(16)17/h3-5,10,14H,6H2,1-2H3,(H,13,15)(H,16,17)/t10-/m0/s1. The van der Waals surface area contributed by atoms with Crippen molar-refractivity contribution in [2.45, 2.75) is 20.0 Å². The molecule has 0 unspecified atom stereocenters. The third-order valence-electron chi connectivity index (χ3n) is 2.51. The highest BCUT2D eigenvalue weighted by Crippen LogP contribution is 2.09. The number of carboxylic acid groups (broad SMARTS) is 1. The van der Waals surface area contributed by atoms with Crippen LogP contribution < -0.4 is 5.32 Å². The van der Waals surface area contributed by atoms with Crippen LogP contribution in [0.25, 0.3) is 0 Å². The van der Waals surface area contributed by atoms with Crippen LogP contribution in [0, 0.1) is 13.8 Å². The molecule has 0 saturated carbocycles. The van der Waals surface area contributed by atoms with Gasteiger partial charge in [0.2, 0.25) is 0 Å². The lowest BCUT2D eigenvalue weighted by Gasteiger charge is -2.09. The maximum atomic E-state index is 11.6. The van der Waals surface area contributed by atoms with E-state index in [1.165, 1.54) is 0 Å². The van der Waals surface area contributed by atoms with E-state index in [0.717, 1.165) is 11.1 Å². The van der Waals surface area contributed by atoms with Gasteiger partial charge in [0, 0.05) is 5.56 Å². The first-order chi connectivity index (χ1) is 7.91. The molecule has 3 N–H and O–H groups in total. The number of rotatable bonds is 4. The van der Waals surface area contributed by atoms with Gasteiger partial charge in [0.05, 0.1) is 6.54 Å². The van der Waals surface area contributed by atoms with Crippen molar-refractivity contribution in [1.29, 1.82) is 0 Å². The monoisotopic (exact) mass is 237 g/mol. The minimum atomic E-state index is -1.58. The molecule has 0 aliphatic carbocycles. The van der Waals surface area contributed by atoms with Crippen LogP contribution in [0.5, 0.6) is 0 Å². The van der Waals surface area contributed by atoms with Gasteiger partial charge in [-0.05, 0) is 37.1 Å². The Bertz CT molecular complexity index is 442. The number of aliphatic carboxylic acids is 1. The third-order valence-corrected chi connectivity index (χ3v) is 2.51. The Balaban J connectivity index is 2.64. The first kappa shape index (κ1) is 13.2. The zero-order chi connectivity index (χ0) is 13.0. The molecule has 1 amide bonds. The number of aliphatic hydroxyl groups excluding tert-OH is 1. The first-order valence-electron chi connectivity index (χ1n) is 5.18.